The minimum atomic E-state index is -0.189. The molecule has 3 rings (SSSR count). The Morgan fingerprint density at radius 2 is 2.00 bits per heavy atom. The van der Waals surface area contributed by atoms with Gasteiger partial charge in [-0.2, -0.15) is 4.98 Å². The first-order chi connectivity index (χ1) is 14.1. The van der Waals surface area contributed by atoms with Crippen molar-refractivity contribution < 1.29 is 14.3 Å². The van der Waals surface area contributed by atoms with E-state index in [2.05, 4.69) is 26.3 Å². The van der Waals surface area contributed by atoms with E-state index in [-0.39, 0.29) is 5.97 Å². The maximum absolute atomic E-state index is 11.5. The van der Waals surface area contributed by atoms with E-state index in [1.54, 1.807) is 32.5 Å². The molecule has 0 amide bonds. The fraction of sp³-hybridized carbons (Fsp3) is 0.273. The molecule has 0 spiro atoms. The summed E-state index contributed by atoms with van der Waals surface area (Å²) in [6.07, 6.45) is 4.41. The van der Waals surface area contributed by atoms with Gasteiger partial charge < -0.3 is 14.8 Å². The molecule has 0 fully saturated rings. The molecule has 0 atom stereocenters. The van der Waals surface area contributed by atoms with E-state index in [9.17, 15) is 4.79 Å². The smallest absolute Gasteiger partial charge is 0.306 e. The van der Waals surface area contributed by atoms with Gasteiger partial charge >= 0.3 is 5.97 Å². The van der Waals surface area contributed by atoms with E-state index in [4.69, 9.17) is 9.47 Å². The van der Waals surface area contributed by atoms with Crippen molar-refractivity contribution in [3.63, 3.8) is 0 Å². The molecule has 1 aromatic carbocycles. The molecule has 0 unspecified atom stereocenters. The average molecular weight is 392 g/mol. The van der Waals surface area contributed by atoms with Gasteiger partial charge in [-0.15, -0.1) is 0 Å². The number of carbonyl (C=O) groups is 1. The second-order valence-electron chi connectivity index (χ2n) is 6.49. The van der Waals surface area contributed by atoms with Gasteiger partial charge in [0.05, 0.1) is 19.4 Å². The summed E-state index contributed by atoms with van der Waals surface area (Å²) >= 11 is 0. The van der Waals surface area contributed by atoms with Crippen LogP contribution in [0.5, 0.6) is 5.88 Å². The number of aromatic nitrogens is 3. The Hall–Kier alpha value is -3.48. The Morgan fingerprint density at radius 1 is 1.14 bits per heavy atom. The van der Waals surface area contributed by atoms with Crippen molar-refractivity contribution in [2.24, 2.45) is 0 Å². The van der Waals surface area contributed by atoms with Crippen molar-refractivity contribution in [3.8, 4) is 17.1 Å². The van der Waals surface area contributed by atoms with Gasteiger partial charge in [0.25, 0.3) is 0 Å². The van der Waals surface area contributed by atoms with Crippen LogP contribution in [-0.2, 0) is 16.0 Å². The molecule has 150 valence electrons. The molecular weight excluding hydrogens is 368 g/mol. The van der Waals surface area contributed by atoms with Crippen LogP contribution in [0.15, 0.2) is 48.8 Å². The summed E-state index contributed by atoms with van der Waals surface area (Å²) in [7, 11) is 1.57. The minimum Gasteiger partial charge on any atom is -0.481 e. The summed E-state index contributed by atoms with van der Waals surface area (Å²) in [5, 5.41) is 3.20. The minimum absolute atomic E-state index is 0.189. The molecule has 7 nitrogen and oxygen atoms in total. The van der Waals surface area contributed by atoms with Gasteiger partial charge in [-0.05, 0) is 55.7 Å². The molecule has 1 N–H and O–H groups in total. The number of rotatable bonds is 8. The summed E-state index contributed by atoms with van der Waals surface area (Å²) in [5.41, 5.74) is 4.77. The third-order valence-corrected chi connectivity index (χ3v) is 4.22. The summed E-state index contributed by atoms with van der Waals surface area (Å²) in [6.45, 7) is 4.23. The van der Waals surface area contributed by atoms with Crippen LogP contribution in [0.4, 0.5) is 11.6 Å². The summed E-state index contributed by atoms with van der Waals surface area (Å²) in [6, 6.07) is 11.7. The molecule has 7 heteroatoms. The molecule has 3 aromatic rings. The van der Waals surface area contributed by atoms with Crippen molar-refractivity contribution in [1.82, 2.24) is 15.0 Å². The zero-order valence-electron chi connectivity index (χ0n) is 16.8. The van der Waals surface area contributed by atoms with E-state index >= 15 is 0 Å². The van der Waals surface area contributed by atoms with Gasteiger partial charge in [0.15, 0.2) is 0 Å². The van der Waals surface area contributed by atoms with Crippen molar-refractivity contribution in [2.75, 3.05) is 19.0 Å². The molecule has 0 aliphatic carbocycles. The number of esters is 1. The predicted molar refractivity (Wildman–Crippen MR) is 111 cm³/mol. The third-order valence-electron chi connectivity index (χ3n) is 4.22. The maximum Gasteiger partial charge on any atom is 0.306 e. The number of hydrogen-bond acceptors (Lipinski definition) is 7. The Bertz CT molecular complexity index is 974. The van der Waals surface area contributed by atoms with Crippen molar-refractivity contribution in [3.05, 3.63) is 59.9 Å². The normalized spacial score (nSPS) is 10.4. The number of benzene rings is 1. The fourth-order valence-electron chi connectivity index (χ4n) is 2.87. The predicted octanol–water partition coefficient (Wildman–Crippen LogP) is 4.09. The van der Waals surface area contributed by atoms with Crippen LogP contribution in [0.3, 0.4) is 0 Å². The number of carbonyl (C=O) groups excluding carboxylic acids is 1. The standard InChI is InChI=1S/C22H24N4O3/c1-4-29-21(27)8-6-16-5-7-19(24-14-16)17-11-15(2)12-18(13-17)25-22-23-10-9-20(26-22)28-3/h5,7,9-14H,4,6,8H2,1-3H3,(H,23,25,26). The molecule has 0 saturated carbocycles. The average Bonchev–Trinajstić information content (AvgIpc) is 2.72. The first-order valence-electron chi connectivity index (χ1n) is 9.44. The van der Waals surface area contributed by atoms with Gasteiger partial charge in [0.1, 0.15) is 0 Å². The van der Waals surface area contributed by atoms with Crippen LogP contribution in [-0.4, -0.2) is 34.6 Å². The number of aryl methyl sites for hydroxylation is 2. The first-order valence-corrected chi connectivity index (χ1v) is 9.44. The largest absolute Gasteiger partial charge is 0.481 e. The van der Waals surface area contributed by atoms with Crippen LogP contribution < -0.4 is 10.1 Å². The van der Waals surface area contributed by atoms with E-state index in [0.717, 1.165) is 28.1 Å². The van der Waals surface area contributed by atoms with Gasteiger partial charge in [0.2, 0.25) is 11.8 Å². The number of methoxy groups -OCH3 is 1. The topological polar surface area (TPSA) is 86.2 Å². The lowest BCUT2D eigenvalue weighted by atomic mass is 10.1. The van der Waals surface area contributed by atoms with Gasteiger partial charge in [-0.25, -0.2) is 4.98 Å². The van der Waals surface area contributed by atoms with Crippen molar-refractivity contribution in [2.45, 2.75) is 26.7 Å². The number of hydrogen-bond donors (Lipinski definition) is 1. The van der Waals surface area contributed by atoms with E-state index in [0.29, 0.717) is 31.3 Å². The highest BCUT2D eigenvalue weighted by molar-refractivity contribution is 5.70. The van der Waals surface area contributed by atoms with Gasteiger partial charge in [-0.3, -0.25) is 9.78 Å². The third kappa shape index (κ3) is 5.75. The maximum atomic E-state index is 11.5. The highest BCUT2D eigenvalue weighted by Crippen LogP contribution is 2.25. The molecule has 0 aliphatic heterocycles. The molecule has 29 heavy (non-hydrogen) atoms. The van der Waals surface area contributed by atoms with Crippen molar-refractivity contribution >= 4 is 17.6 Å². The first kappa shape index (κ1) is 20.3. The van der Waals surface area contributed by atoms with Gasteiger partial charge in [-0.1, -0.05) is 6.07 Å². The van der Waals surface area contributed by atoms with Gasteiger partial charge in [0, 0.05) is 36.1 Å². The number of ether oxygens (including phenoxy) is 2. The number of nitrogens with zero attached hydrogens (tertiary/aromatic N) is 3. The second kappa shape index (κ2) is 9.64. The highest BCUT2D eigenvalue weighted by Gasteiger charge is 2.07. The van der Waals surface area contributed by atoms with Crippen LogP contribution in [0.1, 0.15) is 24.5 Å². The quantitative estimate of drug-likeness (QED) is 0.578. The lowest BCUT2D eigenvalue weighted by molar-refractivity contribution is -0.143. The lowest BCUT2D eigenvalue weighted by Gasteiger charge is -2.10. The summed E-state index contributed by atoms with van der Waals surface area (Å²) < 4.78 is 10.1. The Morgan fingerprint density at radius 3 is 2.72 bits per heavy atom. The molecule has 0 radical (unpaired) electrons. The second-order valence-corrected chi connectivity index (χ2v) is 6.49. The Labute approximate surface area is 170 Å². The van der Waals surface area contributed by atoms with Crippen LogP contribution in [0.25, 0.3) is 11.3 Å². The lowest BCUT2D eigenvalue weighted by Crippen LogP contribution is -2.05. The highest BCUT2D eigenvalue weighted by atomic mass is 16.5. The number of anilines is 2. The SMILES string of the molecule is CCOC(=O)CCc1ccc(-c2cc(C)cc(Nc3nccc(OC)n3)c2)nc1. The monoisotopic (exact) mass is 392 g/mol. The molecule has 0 saturated heterocycles. The molecule has 0 bridgehead atoms. The Kier molecular flexibility index (Phi) is 6.73. The zero-order valence-corrected chi connectivity index (χ0v) is 16.8. The van der Waals surface area contributed by atoms with E-state index < -0.39 is 0 Å². The van der Waals surface area contributed by atoms with Crippen LogP contribution in [0.2, 0.25) is 0 Å². The molecule has 2 aromatic heterocycles. The fourth-order valence-corrected chi connectivity index (χ4v) is 2.87. The molecular formula is C22H24N4O3. The van der Waals surface area contributed by atoms with Crippen molar-refractivity contribution in [1.29, 1.82) is 0 Å². The van der Waals surface area contributed by atoms with E-state index in [1.165, 1.54) is 0 Å². The number of nitrogens with one attached hydrogen (secondary N) is 1. The van der Waals surface area contributed by atoms with E-state index in [1.807, 2.05) is 31.2 Å². The summed E-state index contributed by atoms with van der Waals surface area (Å²) in [5.74, 6) is 0.768. The Balaban J connectivity index is 1.74. The zero-order chi connectivity index (χ0) is 20.6. The van der Waals surface area contributed by atoms with Crippen LogP contribution in [0, 0.1) is 6.92 Å². The van der Waals surface area contributed by atoms with Crippen LogP contribution >= 0.6 is 0 Å². The molecule has 2 heterocycles. The summed E-state index contributed by atoms with van der Waals surface area (Å²) in [4.78, 5) is 24.6. The number of pyridine rings is 1. The molecule has 0 aliphatic rings.